The molecule has 5 heteroatoms. The fourth-order valence-corrected chi connectivity index (χ4v) is 4.40. The first-order valence-electron chi connectivity index (χ1n) is 9.99. The maximum Gasteiger partial charge on any atom is 0.230 e. The number of benzene rings is 1. The predicted molar refractivity (Wildman–Crippen MR) is 110 cm³/mol. The normalized spacial score (nSPS) is 17.0. The van der Waals surface area contributed by atoms with Gasteiger partial charge in [-0.05, 0) is 48.7 Å². The summed E-state index contributed by atoms with van der Waals surface area (Å²) in [6, 6.07) is 18.5. The molecule has 1 aromatic carbocycles. The molecule has 0 radical (unpaired) electrons. The van der Waals surface area contributed by atoms with E-state index < -0.39 is 0 Å². The lowest BCUT2D eigenvalue weighted by atomic mass is 9.94. The van der Waals surface area contributed by atoms with Gasteiger partial charge in [-0.15, -0.1) is 0 Å². The van der Waals surface area contributed by atoms with Crippen LogP contribution in [0.5, 0.6) is 0 Å². The Hall–Kier alpha value is -3.08. The lowest BCUT2D eigenvalue weighted by Crippen LogP contribution is -2.42. The van der Waals surface area contributed by atoms with Crippen molar-refractivity contribution in [3.63, 3.8) is 0 Å². The van der Waals surface area contributed by atoms with Gasteiger partial charge in [-0.1, -0.05) is 24.3 Å². The van der Waals surface area contributed by atoms with Crippen LogP contribution in [0.4, 0.5) is 11.5 Å². The fraction of sp³-hybridized carbons (Fsp3) is 0.304. The molecule has 2 aliphatic heterocycles. The number of para-hydroxylation sites is 1. The standard InChI is InChI=1S/C23H24N4O/c28-23(18-10-14-25(15-11-18)22-9-3-4-12-24-22)27-17-20-7-5-13-26(20)16-19-6-1-2-8-21(19)27/h1-9,12-13,18H,10-11,14-17H2. The largest absolute Gasteiger partial charge is 0.357 e. The Morgan fingerprint density at radius 1 is 0.929 bits per heavy atom. The highest BCUT2D eigenvalue weighted by Gasteiger charge is 2.32. The molecule has 1 amide bonds. The molecule has 28 heavy (non-hydrogen) atoms. The number of hydrogen-bond acceptors (Lipinski definition) is 3. The summed E-state index contributed by atoms with van der Waals surface area (Å²) in [5.41, 5.74) is 3.45. The summed E-state index contributed by atoms with van der Waals surface area (Å²) in [5.74, 6) is 1.32. The maximum atomic E-state index is 13.5. The van der Waals surface area contributed by atoms with Crippen molar-refractivity contribution in [2.24, 2.45) is 5.92 Å². The van der Waals surface area contributed by atoms with Gasteiger partial charge in [-0.2, -0.15) is 0 Å². The number of carbonyl (C=O) groups excluding carboxylic acids is 1. The Morgan fingerprint density at radius 3 is 2.57 bits per heavy atom. The Morgan fingerprint density at radius 2 is 1.75 bits per heavy atom. The molecule has 4 heterocycles. The molecule has 142 valence electrons. The van der Waals surface area contributed by atoms with Crippen LogP contribution >= 0.6 is 0 Å². The second kappa shape index (κ2) is 7.15. The van der Waals surface area contributed by atoms with Crippen molar-refractivity contribution in [2.45, 2.75) is 25.9 Å². The minimum absolute atomic E-state index is 0.0644. The first-order chi connectivity index (χ1) is 13.8. The molecule has 5 rings (SSSR count). The zero-order valence-electron chi connectivity index (χ0n) is 15.9. The average Bonchev–Trinajstić information content (AvgIpc) is 3.13. The van der Waals surface area contributed by atoms with Crippen LogP contribution in [-0.4, -0.2) is 28.5 Å². The molecule has 5 nitrogen and oxygen atoms in total. The summed E-state index contributed by atoms with van der Waals surface area (Å²) in [7, 11) is 0. The Kier molecular flexibility index (Phi) is 4.35. The predicted octanol–water partition coefficient (Wildman–Crippen LogP) is 3.69. The zero-order chi connectivity index (χ0) is 18.9. The van der Waals surface area contributed by atoms with E-state index in [1.54, 1.807) is 0 Å². The summed E-state index contributed by atoms with van der Waals surface area (Å²) < 4.78 is 2.25. The Labute approximate surface area is 165 Å². The van der Waals surface area contributed by atoms with Crippen molar-refractivity contribution < 1.29 is 4.79 Å². The lowest BCUT2D eigenvalue weighted by Gasteiger charge is -2.34. The van der Waals surface area contributed by atoms with Crippen molar-refractivity contribution in [3.8, 4) is 0 Å². The quantitative estimate of drug-likeness (QED) is 0.689. The third kappa shape index (κ3) is 3.07. The van der Waals surface area contributed by atoms with Gasteiger partial charge < -0.3 is 14.4 Å². The lowest BCUT2D eigenvalue weighted by molar-refractivity contribution is -0.123. The van der Waals surface area contributed by atoms with Gasteiger partial charge in [-0.3, -0.25) is 4.79 Å². The van der Waals surface area contributed by atoms with E-state index in [-0.39, 0.29) is 11.8 Å². The van der Waals surface area contributed by atoms with E-state index >= 15 is 0 Å². The molecule has 3 aromatic rings. The summed E-state index contributed by atoms with van der Waals surface area (Å²) in [6.45, 7) is 3.21. The van der Waals surface area contributed by atoms with Crippen LogP contribution in [0.15, 0.2) is 67.0 Å². The smallest absolute Gasteiger partial charge is 0.230 e. The zero-order valence-corrected chi connectivity index (χ0v) is 15.9. The van der Waals surface area contributed by atoms with E-state index in [0.29, 0.717) is 6.54 Å². The van der Waals surface area contributed by atoms with Crippen LogP contribution in [0.2, 0.25) is 0 Å². The molecule has 1 saturated heterocycles. The number of hydrogen-bond donors (Lipinski definition) is 0. The van der Waals surface area contributed by atoms with Crippen molar-refractivity contribution in [2.75, 3.05) is 22.9 Å². The molecule has 0 unspecified atom stereocenters. The van der Waals surface area contributed by atoms with Crippen LogP contribution in [0.25, 0.3) is 0 Å². The summed E-state index contributed by atoms with van der Waals surface area (Å²) >= 11 is 0. The van der Waals surface area contributed by atoms with Crippen molar-refractivity contribution in [3.05, 3.63) is 78.2 Å². The number of nitrogens with zero attached hydrogens (tertiary/aromatic N) is 4. The number of anilines is 2. The van der Waals surface area contributed by atoms with Crippen molar-refractivity contribution in [1.29, 1.82) is 0 Å². The van der Waals surface area contributed by atoms with Gasteiger partial charge in [0.1, 0.15) is 5.82 Å². The summed E-state index contributed by atoms with van der Waals surface area (Å²) in [4.78, 5) is 22.3. The Bertz CT molecular complexity index is 973. The average molecular weight is 372 g/mol. The highest BCUT2D eigenvalue weighted by Crippen LogP contribution is 2.31. The SMILES string of the molecule is O=C(C1CCN(c2ccccn2)CC1)N1Cc2cccn2Cc2ccccc21. The summed E-state index contributed by atoms with van der Waals surface area (Å²) in [5, 5.41) is 0. The minimum Gasteiger partial charge on any atom is -0.357 e. The van der Waals surface area contributed by atoms with E-state index in [1.807, 2.05) is 35.4 Å². The van der Waals surface area contributed by atoms with Gasteiger partial charge in [0.25, 0.3) is 0 Å². The van der Waals surface area contributed by atoms with Crippen LogP contribution in [0.3, 0.4) is 0 Å². The number of piperidine rings is 1. The van der Waals surface area contributed by atoms with E-state index in [1.165, 1.54) is 11.3 Å². The van der Waals surface area contributed by atoms with Gasteiger partial charge in [-0.25, -0.2) is 4.98 Å². The number of aromatic nitrogens is 2. The molecule has 0 aliphatic carbocycles. The second-order valence-corrected chi connectivity index (χ2v) is 7.63. The van der Waals surface area contributed by atoms with Gasteiger partial charge >= 0.3 is 0 Å². The molecule has 2 aliphatic rings. The first-order valence-corrected chi connectivity index (χ1v) is 9.99. The van der Waals surface area contributed by atoms with E-state index in [4.69, 9.17) is 0 Å². The summed E-state index contributed by atoms with van der Waals surface area (Å²) in [6.07, 6.45) is 5.67. The number of rotatable bonds is 2. The van der Waals surface area contributed by atoms with E-state index in [2.05, 4.69) is 51.0 Å². The van der Waals surface area contributed by atoms with Gasteiger partial charge in [0.05, 0.1) is 6.54 Å². The third-order valence-electron chi connectivity index (χ3n) is 5.95. The number of pyridine rings is 1. The fourth-order valence-electron chi connectivity index (χ4n) is 4.40. The van der Waals surface area contributed by atoms with Gasteiger partial charge in [0.2, 0.25) is 5.91 Å². The van der Waals surface area contributed by atoms with Crippen LogP contribution in [0, 0.1) is 5.92 Å². The molecular formula is C23H24N4O. The maximum absolute atomic E-state index is 13.5. The third-order valence-corrected chi connectivity index (χ3v) is 5.95. The molecule has 0 saturated carbocycles. The molecule has 0 bridgehead atoms. The van der Waals surface area contributed by atoms with Crippen molar-refractivity contribution >= 4 is 17.4 Å². The number of carbonyl (C=O) groups is 1. The highest BCUT2D eigenvalue weighted by molar-refractivity contribution is 5.96. The topological polar surface area (TPSA) is 41.4 Å². The van der Waals surface area contributed by atoms with Gasteiger partial charge in [0, 0.05) is 49.3 Å². The van der Waals surface area contributed by atoms with E-state index in [9.17, 15) is 4.79 Å². The molecule has 2 aromatic heterocycles. The van der Waals surface area contributed by atoms with Gasteiger partial charge in [0.15, 0.2) is 0 Å². The minimum atomic E-state index is 0.0644. The molecule has 1 fully saturated rings. The van der Waals surface area contributed by atoms with Crippen LogP contribution in [-0.2, 0) is 17.9 Å². The molecule has 0 atom stereocenters. The molecule has 0 N–H and O–H groups in total. The van der Waals surface area contributed by atoms with E-state index in [0.717, 1.165) is 44.0 Å². The Balaban J connectivity index is 1.37. The van der Waals surface area contributed by atoms with Crippen LogP contribution in [0.1, 0.15) is 24.1 Å². The van der Waals surface area contributed by atoms with Crippen LogP contribution < -0.4 is 9.80 Å². The monoisotopic (exact) mass is 372 g/mol. The second-order valence-electron chi connectivity index (χ2n) is 7.63. The molecule has 0 spiro atoms. The number of fused-ring (bicyclic) bond motifs is 2. The van der Waals surface area contributed by atoms with Crippen molar-refractivity contribution in [1.82, 2.24) is 9.55 Å². The highest BCUT2D eigenvalue weighted by atomic mass is 16.2. The number of amides is 1. The molecular weight excluding hydrogens is 348 g/mol. The first kappa shape index (κ1) is 17.0.